The third-order valence-electron chi connectivity index (χ3n) is 4.35. The number of hydrogen-bond donors (Lipinski definition) is 2. The van der Waals surface area contributed by atoms with Gasteiger partial charge in [-0.05, 0) is 37.1 Å². The number of rotatable bonds is 7. The minimum absolute atomic E-state index is 0.125. The maximum Gasteiger partial charge on any atom is 0.308 e. The molecule has 1 aliphatic rings. The third-order valence-corrected chi connectivity index (χ3v) is 5.86. The number of carbonyl (C=O) groups is 3. The summed E-state index contributed by atoms with van der Waals surface area (Å²) in [6.45, 7) is 1.96. The van der Waals surface area contributed by atoms with Crippen LogP contribution in [0.1, 0.15) is 18.9 Å². The number of thioether (sulfide) groups is 1. The van der Waals surface area contributed by atoms with Crippen LogP contribution >= 0.6 is 23.4 Å². The summed E-state index contributed by atoms with van der Waals surface area (Å²) in [6.07, 6.45) is -0.364. The number of esters is 1. The normalized spacial score (nSPS) is 16.3. The molecule has 0 aliphatic carbocycles. The molecule has 29 heavy (non-hydrogen) atoms. The molecule has 0 spiro atoms. The predicted molar refractivity (Wildman–Crippen MR) is 113 cm³/mol. The van der Waals surface area contributed by atoms with Gasteiger partial charge in [-0.15, -0.1) is 11.8 Å². The van der Waals surface area contributed by atoms with E-state index < -0.39 is 17.3 Å². The van der Waals surface area contributed by atoms with Gasteiger partial charge in [-0.25, -0.2) is 0 Å². The van der Waals surface area contributed by atoms with Crippen molar-refractivity contribution >= 4 is 46.8 Å². The first-order chi connectivity index (χ1) is 13.9. The van der Waals surface area contributed by atoms with Gasteiger partial charge in [0.1, 0.15) is 0 Å². The van der Waals surface area contributed by atoms with Crippen molar-refractivity contribution in [1.29, 1.82) is 0 Å². The van der Waals surface area contributed by atoms with E-state index in [0.717, 1.165) is 10.5 Å². The van der Waals surface area contributed by atoms with Crippen molar-refractivity contribution in [2.75, 3.05) is 11.9 Å². The molecule has 152 valence electrons. The van der Waals surface area contributed by atoms with E-state index in [1.54, 1.807) is 18.2 Å². The Bertz CT molecular complexity index is 907. The number of anilines is 1. The van der Waals surface area contributed by atoms with Crippen LogP contribution in [0.15, 0.2) is 53.4 Å². The van der Waals surface area contributed by atoms with Crippen LogP contribution in [0, 0.1) is 0 Å². The van der Waals surface area contributed by atoms with Gasteiger partial charge in [0.15, 0.2) is 6.10 Å². The molecule has 1 aliphatic heterocycles. The smallest absolute Gasteiger partial charge is 0.308 e. The number of hydrogen-bond acceptors (Lipinski definition) is 5. The second-order valence-electron chi connectivity index (χ2n) is 6.60. The van der Waals surface area contributed by atoms with Crippen molar-refractivity contribution in [1.82, 2.24) is 5.32 Å². The summed E-state index contributed by atoms with van der Waals surface area (Å²) in [6, 6.07) is 15.0. The molecule has 1 heterocycles. The first kappa shape index (κ1) is 21.2. The molecular weight excluding hydrogens is 412 g/mol. The van der Waals surface area contributed by atoms with Gasteiger partial charge in [-0.3, -0.25) is 14.4 Å². The summed E-state index contributed by atoms with van der Waals surface area (Å²) in [5.41, 5.74) is 1.74. The highest BCUT2D eigenvalue weighted by Gasteiger charge is 2.30. The summed E-state index contributed by atoms with van der Waals surface area (Å²) < 4.78 is 5.21. The molecule has 0 bridgehead atoms. The zero-order valence-corrected chi connectivity index (χ0v) is 17.4. The van der Waals surface area contributed by atoms with Gasteiger partial charge in [0.05, 0.1) is 17.4 Å². The van der Waals surface area contributed by atoms with Crippen molar-refractivity contribution in [2.24, 2.45) is 0 Å². The van der Waals surface area contributed by atoms with Crippen molar-refractivity contribution < 1.29 is 19.1 Å². The Balaban J connectivity index is 1.45. The van der Waals surface area contributed by atoms with Crippen molar-refractivity contribution in [2.45, 2.75) is 36.0 Å². The summed E-state index contributed by atoms with van der Waals surface area (Å²) in [7, 11) is 0. The Morgan fingerprint density at radius 2 is 2.00 bits per heavy atom. The standard InChI is InChI=1S/C21H21ClN2O4S/c1-13(20(26)23-10-9-14-5-3-2-4-6-14)28-19(25)12-18-21(27)24-16-11-15(22)7-8-17(16)29-18/h2-8,11,13,18H,9-10,12H2,1H3,(H,23,26)(H,24,27). The molecule has 0 saturated carbocycles. The van der Waals surface area contributed by atoms with Crippen LogP contribution in [0.3, 0.4) is 0 Å². The topological polar surface area (TPSA) is 84.5 Å². The fraction of sp³-hybridized carbons (Fsp3) is 0.286. The highest BCUT2D eigenvalue weighted by molar-refractivity contribution is 8.01. The molecule has 0 radical (unpaired) electrons. The molecular formula is C21H21ClN2O4S. The lowest BCUT2D eigenvalue weighted by Gasteiger charge is -2.24. The van der Waals surface area contributed by atoms with Crippen LogP contribution in [0.4, 0.5) is 5.69 Å². The molecule has 6 nitrogen and oxygen atoms in total. The van der Waals surface area contributed by atoms with E-state index in [-0.39, 0.29) is 18.2 Å². The number of benzene rings is 2. The highest BCUT2D eigenvalue weighted by atomic mass is 35.5. The fourth-order valence-electron chi connectivity index (χ4n) is 2.83. The first-order valence-corrected chi connectivity index (χ1v) is 10.5. The minimum atomic E-state index is -0.930. The SMILES string of the molecule is CC(OC(=O)CC1Sc2ccc(Cl)cc2NC1=O)C(=O)NCCc1ccccc1. The molecule has 2 aromatic rings. The Kier molecular flexibility index (Phi) is 7.17. The predicted octanol–water partition coefficient (Wildman–Crippen LogP) is 3.43. The van der Waals surface area contributed by atoms with Gasteiger partial charge >= 0.3 is 5.97 Å². The van der Waals surface area contributed by atoms with E-state index in [1.807, 2.05) is 30.3 Å². The van der Waals surface area contributed by atoms with Gasteiger partial charge in [-0.2, -0.15) is 0 Å². The van der Waals surface area contributed by atoms with E-state index in [2.05, 4.69) is 10.6 Å². The lowest BCUT2D eigenvalue weighted by Crippen LogP contribution is -2.38. The second-order valence-corrected chi connectivity index (χ2v) is 8.28. The summed E-state index contributed by atoms with van der Waals surface area (Å²) in [4.78, 5) is 37.4. The maximum absolute atomic E-state index is 12.2. The van der Waals surface area contributed by atoms with Crippen LogP contribution in [-0.4, -0.2) is 35.7 Å². The number of nitrogens with one attached hydrogen (secondary N) is 2. The van der Waals surface area contributed by atoms with E-state index in [4.69, 9.17) is 16.3 Å². The van der Waals surface area contributed by atoms with E-state index in [9.17, 15) is 14.4 Å². The van der Waals surface area contributed by atoms with Crippen molar-refractivity contribution in [3.63, 3.8) is 0 Å². The molecule has 8 heteroatoms. The van der Waals surface area contributed by atoms with Crippen molar-refractivity contribution in [3.8, 4) is 0 Å². The average molecular weight is 433 g/mol. The number of halogens is 1. The van der Waals surface area contributed by atoms with Crippen LogP contribution in [0.5, 0.6) is 0 Å². The zero-order chi connectivity index (χ0) is 20.8. The summed E-state index contributed by atoms with van der Waals surface area (Å²) >= 11 is 7.21. The highest BCUT2D eigenvalue weighted by Crippen LogP contribution is 2.38. The number of carbonyl (C=O) groups excluding carboxylic acids is 3. The molecule has 2 N–H and O–H groups in total. The van der Waals surface area contributed by atoms with Gasteiger partial charge in [0.2, 0.25) is 5.91 Å². The van der Waals surface area contributed by atoms with E-state index in [0.29, 0.717) is 23.7 Å². The lowest BCUT2D eigenvalue weighted by atomic mass is 10.1. The number of fused-ring (bicyclic) bond motifs is 1. The van der Waals surface area contributed by atoms with Crippen LogP contribution in [0.25, 0.3) is 0 Å². The van der Waals surface area contributed by atoms with Crippen LogP contribution < -0.4 is 10.6 Å². The van der Waals surface area contributed by atoms with E-state index >= 15 is 0 Å². The van der Waals surface area contributed by atoms with Crippen LogP contribution in [-0.2, 0) is 25.5 Å². The van der Waals surface area contributed by atoms with Gasteiger partial charge < -0.3 is 15.4 Å². The molecule has 2 unspecified atom stereocenters. The van der Waals surface area contributed by atoms with Gasteiger partial charge in [0.25, 0.3) is 5.91 Å². The first-order valence-electron chi connectivity index (χ1n) is 9.20. The summed E-state index contributed by atoms with van der Waals surface area (Å²) in [5, 5.41) is 5.40. The Morgan fingerprint density at radius 3 is 2.76 bits per heavy atom. The van der Waals surface area contributed by atoms with Gasteiger partial charge in [0, 0.05) is 16.5 Å². The van der Waals surface area contributed by atoms with E-state index in [1.165, 1.54) is 18.7 Å². The molecule has 2 aromatic carbocycles. The van der Waals surface area contributed by atoms with Crippen molar-refractivity contribution in [3.05, 3.63) is 59.1 Å². The molecule has 0 aromatic heterocycles. The largest absolute Gasteiger partial charge is 0.453 e. The third kappa shape index (κ3) is 5.98. The maximum atomic E-state index is 12.2. The Morgan fingerprint density at radius 1 is 1.24 bits per heavy atom. The molecule has 2 atom stereocenters. The molecule has 2 amide bonds. The quantitative estimate of drug-likeness (QED) is 0.655. The lowest BCUT2D eigenvalue weighted by molar-refractivity contribution is -0.155. The second kappa shape index (κ2) is 9.80. The monoisotopic (exact) mass is 432 g/mol. The number of ether oxygens (including phenoxy) is 1. The van der Waals surface area contributed by atoms with Crippen LogP contribution in [0.2, 0.25) is 5.02 Å². The van der Waals surface area contributed by atoms with Gasteiger partial charge in [-0.1, -0.05) is 41.9 Å². The zero-order valence-electron chi connectivity index (χ0n) is 15.8. The minimum Gasteiger partial charge on any atom is -0.453 e. The Hall–Kier alpha value is -2.51. The average Bonchev–Trinajstić information content (AvgIpc) is 2.69. The molecule has 0 fully saturated rings. The molecule has 3 rings (SSSR count). The Labute approximate surface area is 178 Å². The fourth-order valence-corrected chi connectivity index (χ4v) is 4.07. The summed E-state index contributed by atoms with van der Waals surface area (Å²) in [5.74, 6) is -1.25. The number of amides is 2. The molecule has 0 saturated heterocycles.